The molecule has 1 aromatic heterocycles. The molecule has 0 aliphatic heterocycles. The molecule has 0 spiro atoms. The first-order chi connectivity index (χ1) is 9.38. The third-order valence-electron chi connectivity index (χ3n) is 2.86. The van der Waals surface area contributed by atoms with Crippen LogP contribution in [0.25, 0.3) is 0 Å². The zero-order chi connectivity index (χ0) is 14.9. The van der Waals surface area contributed by atoms with Gasteiger partial charge in [-0.3, -0.25) is 9.36 Å². The van der Waals surface area contributed by atoms with Crippen LogP contribution >= 0.6 is 0 Å². The second-order valence-corrected chi connectivity index (χ2v) is 4.42. The van der Waals surface area contributed by atoms with E-state index in [4.69, 9.17) is 0 Å². The van der Waals surface area contributed by atoms with Gasteiger partial charge in [-0.1, -0.05) is 0 Å². The Bertz CT molecular complexity index is 745. The maximum Gasteiger partial charge on any atom is 0.330 e. The number of hydrogen-bond donors (Lipinski definition) is 1. The highest BCUT2D eigenvalue weighted by Crippen LogP contribution is 2.13. The van der Waals surface area contributed by atoms with Crippen molar-refractivity contribution in [2.45, 2.75) is 6.54 Å². The van der Waals surface area contributed by atoms with Gasteiger partial charge >= 0.3 is 5.69 Å². The minimum atomic E-state index is -0.708. The molecular formula is C13H13F2N3O2. The number of hydrogen-bond acceptors (Lipinski definition) is 3. The lowest BCUT2D eigenvalue weighted by atomic mass is 10.2. The minimum Gasteiger partial charge on any atom is -0.381 e. The van der Waals surface area contributed by atoms with E-state index >= 15 is 0 Å². The fourth-order valence-corrected chi connectivity index (χ4v) is 1.86. The Morgan fingerprint density at radius 3 is 2.30 bits per heavy atom. The van der Waals surface area contributed by atoms with Gasteiger partial charge in [0.1, 0.15) is 11.6 Å². The SMILES string of the molecule is Cn1cc(CNc2cc(F)cc(F)c2)c(=O)n(C)c1=O. The van der Waals surface area contributed by atoms with Crippen molar-refractivity contribution in [3.8, 4) is 0 Å². The Labute approximate surface area is 113 Å². The van der Waals surface area contributed by atoms with Crippen molar-refractivity contribution in [3.05, 3.63) is 62.4 Å². The van der Waals surface area contributed by atoms with Crippen molar-refractivity contribution in [2.75, 3.05) is 5.32 Å². The van der Waals surface area contributed by atoms with Crippen LogP contribution in [0.4, 0.5) is 14.5 Å². The van der Waals surface area contributed by atoms with E-state index in [0.717, 1.165) is 22.8 Å². The molecule has 0 bridgehead atoms. The summed E-state index contributed by atoms with van der Waals surface area (Å²) in [6.07, 6.45) is 1.40. The maximum absolute atomic E-state index is 13.0. The van der Waals surface area contributed by atoms with Crippen LogP contribution in [0.3, 0.4) is 0 Å². The summed E-state index contributed by atoms with van der Waals surface area (Å²) >= 11 is 0. The number of nitrogens with one attached hydrogen (secondary N) is 1. The zero-order valence-electron chi connectivity index (χ0n) is 11.0. The van der Waals surface area contributed by atoms with Crippen LogP contribution in [0.15, 0.2) is 34.0 Å². The van der Waals surface area contributed by atoms with Crippen molar-refractivity contribution in [3.63, 3.8) is 0 Å². The third kappa shape index (κ3) is 2.76. The molecule has 106 valence electrons. The van der Waals surface area contributed by atoms with Gasteiger partial charge in [0.05, 0.1) is 5.56 Å². The average molecular weight is 281 g/mol. The van der Waals surface area contributed by atoms with Gasteiger partial charge in [-0.05, 0) is 12.1 Å². The van der Waals surface area contributed by atoms with Gasteiger partial charge in [0.25, 0.3) is 5.56 Å². The largest absolute Gasteiger partial charge is 0.381 e. The summed E-state index contributed by atoms with van der Waals surface area (Å²) < 4.78 is 28.3. The van der Waals surface area contributed by atoms with Crippen molar-refractivity contribution in [2.24, 2.45) is 14.1 Å². The topological polar surface area (TPSA) is 56.0 Å². The van der Waals surface area contributed by atoms with E-state index in [0.29, 0.717) is 5.56 Å². The first-order valence-corrected chi connectivity index (χ1v) is 5.84. The Kier molecular flexibility index (Phi) is 3.69. The van der Waals surface area contributed by atoms with Crippen molar-refractivity contribution < 1.29 is 8.78 Å². The highest BCUT2D eigenvalue weighted by Gasteiger charge is 2.07. The highest BCUT2D eigenvalue weighted by atomic mass is 19.1. The molecule has 1 aromatic carbocycles. The van der Waals surface area contributed by atoms with Crippen LogP contribution in [0.5, 0.6) is 0 Å². The van der Waals surface area contributed by atoms with Crippen LogP contribution in [-0.2, 0) is 20.6 Å². The molecule has 0 radical (unpaired) electrons. The number of aryl methyl sites for hydroxylation is 1. The second-order valence-electron chi connectivity index (χ2n) is 4.42. The van der Waals surface area contributed by atoms with Gasteiger partial charge in [-0.25, -0.2) is 13.6 Å². The molecule has 0 amide bonds. The number of halogens is 2. The fourth-order valence-electron chi connectivity index (χ4n) is 1.86. The summed E-state index contributed by atoms with van der Waals surface area (Å²) in [7, 11) is 2.89. The van der Waals surface area contributed by atoms with Crippen LogP contribution in [-0.4, -0.2) is 9.13 Å². The van der Waals surface area contributed by atoms with Crippen molar-refractivity contribution in [1.82, 2.24) is 9.13 Å². The molecule has 20 heavy (non-hydrogen) atoms. The summed E-state index contributed by atoms with van der Waals surface area (Å²) in [6.45, 7) is 0.0592. The number of aromatic nitrogens is 2. The minimum absolute atomic E-state index is 0.0592. The first-order valence-electron chi connectivity index (χ1n) is 5.84. The van der Waals surface area contributed by atoms with Gasteiger partial charge in [0.2, 0.25) is 0 Å². The summed E-state index contributed by atoms with van der Waals surface area (Å²) in [4.78, 5) is 23.4. The molecule has 0 saturated heterocycles. The third-order valence-corrected chi connectivity index (χ3v) is 2.86. The predicted octanol–water partition coefficient (Wildman–Crippen LogP) is 0.974. The van der Waals surface area contributed by atoms with Gasteiger partial charge in [0, 0.05) is 38.6 Å². The molecule has 0 fully saturated rings. The molecule has 5 nitrogen and oxygen atoms in total. The fraction of sp³-hybridized carbons (Fsp3) is 0.231. The molecule has 1 heterocycles. The van der Waals surface area contributed by atoms with E-state index in [-0.39, 0.29) is 12.2 Å². The lowest BCUT2D eigenvalue weighted by molar-refractivity contribution is 0.584. The van der Waals surface area contributed by atoms with Crippen molar-refractivity contribution in [1.29, 1.82) is 0 Å². The Morgan fingerprint density at radius 2 is 1.70 bits per heavy atom. The summed E-state index contributed by atoms with van der Waals surface area (Å²) in [5, 5.41) is 2.75. The van der Waals surface area contributed by atoms with E-state index in [1.165, 1.54) is 24.9 Å². The monoisotopic (exact) mass is 281 g/mol. The van der Waals surface area contributed by atoms with E-state index < -0.39 is 22.9 Å². The summed E-state index contributed by atoms with van der Waals surface area (Å²) in [6, 6.07) is 3.00. The van der Waals surface area contributed by atoms with Crippen molar-refractivity contribution >= 4 is 5.69 Å². The lowest BCUT2D eigenvalue weighted by Crippen LogP contribution is -2.38. The lowest BCUT2D eigenvalue weighted by Gasteiger charge is -2.09. The number of rotatable bonds is 3. The van der Waals surface area contributed by atoms with Gasteiger partial charge in [-0.15, -0.1) is 0 Å². The van der Waals surface area contributed by atoms with Crippen LogP contribution < -0.4 is 16.6 Å². The van der Waals surface area contributed by atoms with Crippen LogP contribution in [0.1, 0.15) is 5.56 Å². The first kappa shape index (κ1) is 14.0. The molecule has 0 aliphatic rings. The molecule has 0 aliphatic carbocycles. The normalized spacial score (nSPS) is 10.6. The molecule has 0 atom stereocenters. The van der Waals surface area contributed by atoms with E-state index in [1.807, 2.05) is 0 Å². The summed E-state index contributed by atoms with van der Waals surface area (Å²) in [5.74, 6) is -1.42. The van der Waals surface area contributed by atoms with E-state index in [9.17, 15) is 18.4 Å². The Morgan fingerprint density at radius 1 is 1.10 bits per heavy atom. The smallest absolute Gasteiger partial charge is 0.330 e. The maximum atomic E-state index is 13.0. The Balaban J connectivity index is 2.28. The Hall–Kier alpha value is -2.44. The number of nitrogens with zero attached hydrogens (tertiary/aromatic N) is 2. The van der Waals surface area contributed by atoms with Gasteiger partial charge < -0.3 is 9.88 Å². The highest BCUT2D eigenvalue weighted by molar-refractivity contribution is 5.44. The molecule has 0 saturated carbocycles. The molecule has 2 aromatic rings. The standard InChI is InChI=1S/C13H13F2N3O2/c1-17-7-8(12(19)18(2)13(17)20)6-16-11-4-9(14)3-10(15)5-11/h3-5,7,16H,6H2,1-2H3. The molecule has 7 heteroatoms. The molecule has 2 rings (SSSR count). The quantitative estimate of drug-likeness (QED) is 0.912. The van der Waals surface area contributed by atoms with Crippen LogP contribution in [0, 0.1) is 11.6 Å². The number of benzene rings is 1. The molecule has 0 unspecified atom stereocenters. The van der Waals surface area contributed by atoms with E-state index in [1.54, 1.807) is 0 Å². The van der Waals surface area contributed by atoms with Gasteiger partial charge in [-0.2, -0.15) is 0 Å². The van der Waals surface area contributed by atoms with Gasteiger partial charge in [0.15, 0.2) is 0 Å². The average Bonchev–Trinajstić information content (AvgIpc) is 2.38. The zero-order valence-corrected chi connectivity index (χ0v) is 11.0. The predicted molar refractivity (Wildman–Crippen MR) is 70.6 cm³/mol. The van der Waals surface area contributed by atoms with Crippen LogP contribution in [0.2, 0.25) is 0 Å². The second kappa shape index (κ2) is 5.28. The molecular weight excluding hydrogens is 268 g/mol. The van der Waals surface area contributed by atoms with E-state index in [2.05, 4.69) is 5.32 Å². The number of anilines is 1. The summed E-state index contributed by atoms with van der Waals surface area (Å²) in [5.41, 5.74) is -0.342. The molecule has 1 N–H and O–H groups in total.